The molecule has 41 heavy (non-hydrogen) atoms. The fourth-order valence-electron chi connectivity index (χ4n) is 4.20. The number of anilines is 1. The van der Waals surface area contributed by atoms with Crippen LogP contribution in [0.1, 0.15) is 30.9 Å². The lowest BCUT2D eigenvalue weighted by Gasteiger charge is -2.34. The Hall–Kier alpha value is -3.83. The maximum atomic E-state index is 14.9. The third-order valence-corrected chi connectivity index (χ3v) is 8.31. The van der Waals surface area contributed by atoms with E-state index in [0.717, 1.165) is 28.8 Å². The third-order valence-electron chi connectivity index (χ3n) is 6.51. The first-order valence-corrected chi connectivity index (χ1v) is 14.7. The second-order valence-corrected chi connectivity index (χ2v) is 11.8. The molecule has 0 aromatic heterocycles. The zero-order valence-electron chi connectivity index (χ0n) is 23.5. The van der Waals surface area contributed by atoms with Gasteiger partial charge in [0.1, 0.15) is 24.2 Å². The molecule has 11 heteroatoms. The highest BCUT2D eigenvalue weighted by atomic mass is 32.2. The SMILES string of the molecule is CCCCNC(=O)[C@@H](Cc1ccccc1)N(Cc1ccc(F)cc1)C(=O)CN(c1ccccc1F)S(=O)(=O)N(C)C. The molecule has 0 fully saturated rings. The zero-order chi connectivity index (χ0) is 30.0. The predicted octanol–water partition coefficient (Wildman–Crippen LogP) is 4.13. The van der Waals surface area contributed by atoms with E-state index in [1.54, 1.807) is 0 Å². The molecule has 1 N–H and O–H groups in total. The lowest BCUT2D eigenvalue weighted by atomic mass is 10.0. The van der Waals surface area contributed by atoms with Crippen LogP contribution in [-0.2, 0) is 32.8 Å². The van der Waals surface area contributed by atoms with Crippen molar-refractivity contribution in [1.82, 2.24) is 14.5 Å². The fraction of sp³-hybridized carbons (Fsp3) is 0.333. The molecule has 0 aliphatic rings. The summed E-state index contributed by atoms with van der Waals surface area (Å²) in [5, 5.41) is 2.88. The molecule has 0 bridgehead atoms. The van der Waals surface area contributed by atoms with Crippen LogP contribution in [0.2, 0.25) is 0 Å². The van der Waals surface area contributed by atoms with Crippen LogP contribution in [0.15, 0.2) is 78.9 Å². The Bertz CT molecular complexity index is 1400. The van der Waals surface area contributed by atoms with E-state index in [0.29, 0.717) is 16.4 Å². The topological polar surface area (TPSA) is 90.0 Å². The van der Waals surface area contributed by atoms with Gasteiger partial charge in [-0.15, -0.1) is 0 Å². The molecule has 0 heterocycles. The predicted molar refractivity (Wildman–Crippen MR) is 155 cm³/mol. The molecule has 2 amide bonds. The lowest BCUT2D eigenvalue weighted by molar-refractivity contribution is -0.140. The van der Waals surface area contributed by atoms with Gasteiger partial charge < -0.3 is 10.2 Å². The first kappa shape index (κ1) is 31.7. The van der Waals surface area contributed by atoms with Crippen molar-refractivity contribution in [2.45, 2.75) is 38.8 Å². The van der Waals surface area contributed by atoms with Gasteiger partial charge in [-0.2, -0.15) is 12.7 Å². The quantitative estimate of drug-likeness (QED) is 0.288. The van der Waals surface area contributed by atoms with Crippen molar-refractivity contribution in [3.05, 3.63) is 102 Å². The van der Waals surface area contributed by atoms with Gasteiger partial charge in [0, 0.05) is 33.6 Å². The van der Waals surface area contributed by atoms with Crippen LogP contribution in [0, 0.1) is 11.6 Å². The monoisotopic (exact) mass is 586 g/mol. The number of para-hydroxylation sites is 1. The van der Waals surface area contributed by atoms with Crippen LogP contribution in [0.4, 0.5) is 14.5 Å². The van der Waals surface area contributed by atoms with E-state index in [2.05, 4.69) is 5.32 Å². The molecule has 0 aliphatic carbocycles. The third kappa shape index (κ3) is 8.58. The van der Waals surface area contributed by atoms with E-state index in [-0.39, 0.29) is 18.7 Å². The van der Waals surface area contributed by atoms with Crippen molar-refractivity contribution in [2.75, 3.05) is 31.5 Å². The standard InChI is InChI=1S/C30H36F2N4O4S/c1-4-5-19-33-30(38)28(20-23-11-7-6-8-12-23)35(21-24-15-17-25(31)18-16-24)29(37)22-36(41(39,40)34(2)3)27-14-10-9-13-26(27)32/h6-18,28H,4-5,19-22H2,1-3H3,(H,33,38)/t28-/m1/s1. The van der Waals surface area contributed by atoms with E-state index >= 15 is 0 Å². The van der Waals surface area contributed by atoms with Gasteiger partial charge >= 0.3 is 10.2 Å². The van der Waals surface area contributed by atoms with Crippen LogP contribution >= 0.6 is 0 Å². The number of unbranched alkanes of at least 4 members (excludes halogenated alkanes) is 1. The molecule has 3 aromatic carbocycles. The number of halogens is 2. The Kier molecular flexibility index (Phi) is 11.4. The second-order valence-electron chi connectivity index (χ2n) is 9.75. The molecular weight excluding hydrogens is 550 g/mol. The number of rotatable bonds is 14. The Morgan fingerprint density at radius 3 is 2.12 bits per heavy atom. The molecule has 220 valence electrons. The summed E-state index contributed by atoms with van der Waals surface area (Å²) in [4.78, 5) is 28.9. The first-order chi connectivity index (χ1) is 19.5. The van der Waals surface area contributed by atoms with E-state index in [9.17, 15) is 26.8 Å². The largest absolute Gasteiger partial charge is 0.354 e. The van der Waals surface area contributed by atoms with Gasteiger partial charge in [0.2, 0.25) is 11.8 Å². The Morgan fingerprint density at radius 2 is 1.51 bits per heavy atom. The minimum atomic E-state index is -4.31. The number of nitrogens with zero attached hydrogens (tertiary/aromatic N) is 3. The van der Waals surface area contributed by atoms with Gasteiger partial charge in [0.25, 0.3) is 0 Å². The minimum Gasteiger partial charge on any atom is -0.354 e. The molecule has 0 radical (unpaired) electrons. The van der Waals surface area contributed by atoms with Gasteiger partial charge in [-0.3, -0.25) is 9.59 Å². The average Bonchev–Trinajstić information content (AvgIpc) is 2.95. The number of carbonyl (C=O) groups excluding carboxylic acids is 2. The molecule has 8 nitrogen and oxygen atoms in total. The molecular formula is C30H36F2N4O4S. The molecule has 3 aromatic rings. The van der Waals surface area contributed by atoms with E-state index < -0.39 is 46.2 Å². The molecule has 3 rings (SSSR count). The summed E-state index contributed by atoms with van der Waals surface area (Å²) in [6.45, 7) is 1.51. The number of amides is 2. The van der Waals surface area contributed by atoms with Gasteiger partial charge in [0.15, 0.2) is 0 Å². The van der Waals surface area contributed by atoms with Crippen LogP contribution in [0.25, 0.3) is 0 Å². The highest BCUT2D eigenvalue weighted by Gasteiger charge is 2.35. The number of benzene rings is 3. The number of carbonyl (C=O) groups is 2. The summed E-state index contributed by atoms with van der Waals surface area (Å²) in [5.41, 5.74) is 1.02. The molecule has 0 aliphatic heterocycles. The van der Waals surface area contributed by atoms with Crippen LogP contribution in [0.5, 0.6) is 0 Å². The number of hydrogen-bond acceptors (Lipinski definition) is 4. The van der Waals surface area contributed by atoms with E-state index in [4.69, 9.17) is 0 Å². The maximum absolute atomic E-state index is 14.9. The molecule has 0 spiro atoms. The van der Waals surface area contributed by atoms with Gasteiger partial charge in [-0.1, -0.05) is 67.9 Å². The first-order valence-electron chi connectivity index (χ1n) is 13.3. The number of nitrogens with one attached hydrogen (secondary N) is 1. The van der Waals surface area contributed by atoms with Crippen LogP contribution in [0.3, 0.4) is 0 Å². The lowest BCUT2D eigenvalue weighted by Crippen LogP contribution is -2.54. The molecule has 0 saturated heterocycles. The van der Waals surface area contributed by atoms with Crippen molar-refractivity contribution < 1.29 is 26.8 Å². The number of hydrogen-bond donors (Lipinski definition) is 1. The Morgan fingerprint density at radius 1 is 0.878 bits per heavy atom. The molecule has 0 saturated carbocycles. The second kappa shape index (κ2) is 14.7. The van der Waals surface area contributed by atoms with Crippen molar-refractivity contribution in [3.8, 4) is 0 Å². The Balaban J connectivity index is 2.08. The van der Waals surface area contributed by atoms with E-state index in [1.165, 1.54) is 61.5 Å². The summed E-state index contributed by atoms with van der Waals surface area (Å²) < 4.78 is 56.7. The van der Waals surface area contributed by atoms with Gasteiger partial charge in [-0.25, -0.2) is 13.1 Å². The normalized spacial score (nSPS) is 12.1. The van der Waals surface area contributed by atoms with Crippen LogP contribution < -0.4 is 9.62 Å². The van der Waals surface area contributed by atoms with Gasteiger partial charge in [0.05, 0.1) is 5.69 Å². The molecule has 0 unspecified atom stereocenters. The minimum absolute atomic E-state index is 0.106. The zero-order valence-corrected chi connectivity index (χ0v) is 24.3. The Labute approximate surface area is 240 Å². The highest BCUT2D eigenvalue weighted by molar-refractivity contribution is 7.90. The van der Waals surface area contributed by atoms with Crippen LogP contribution in [-0.4, -0.2) is 62.7 Å². The summed E-state index contributed by atoms with van der Waals surface area (Å²) in [5.74, 6) is -2.43. The van der Waals surface area contributed by atoms with Crippen molar-refractivity contribution in [1.29, 1.82) is 0 Å². The maximum Gasteiger partial charge on any atom is 0.304 e. The molecule has 1 atom stereocenters. The van der Waals surface area contributed by atoms with Crippen molar-refractivity contribution in [3.63, 3.8) is 0 Å². The highest BCUT2D eigenvalue weighted by Crippen LogP contribution is 2.24. The fourth-order valence-corrected chi connectivity index (χ4v) is 5.27. The average molecular weight is 587 g/mol. The van der Waals surface area contributed by atoms with Gasteiger partial charge in [-0.05, 0) is 41.8 Å². The summed E-state index contributed by atoms with van der Waals surface area (Å²) >= 11 is 0. The smallest absolute Gasteiger partial charge is 0.304 e. The van der Waals surface area contributed by atoms with Crippen molar-refractivity contribution >= 4 is 27.7 Å². The summed E-state index contributed by atoms with van der Waals surface area (Å²) in [6, 6.07) is 18.8. The summed E-state index contributed by atoms with van der Waals surface area (Å²) in [6.07, 6.45) is 1.73. The summed E-state index contributed by atoms with van der Waals surface area (Å²) in [7, 11) is -1.75. The van der Waals surface area contributed by atoms with E-state index in [1.807, 2.05) is 37.3 Å². The van der Waals surface area contributed by atoms with Crippen molar-refractivity contribution in [2.24, 2.45) is 0 Å².